The van der Waals surface area contributed by atoms with E-state index in [1.54, 1.807) is 26.8 Å². The van der Waals surface area contributed by atoms with E-state index in [2.05, 4.69) is 0 Å². The van der Waals surface area contributed by atoms with Crippen LogP contribution in [0.5, 0.6) is 0 Å². The number of esters is 4. The summed E-state index contributed by atoms with van der Waals surface area (Å²) in [6, 6.07) is 0. The molecular weight excluding hydrogens is 658 g/mol. The van der Waals surface area contributed by atoms with Gasteiger partial charge in [-0.05, 0) is 38.7 Å². The lowest BCUT2D eigenvalue weighted by atomic mass is 9.38. The number of allylic oxidation sites excluding steroid dienone is 1. The molecule has 0 spiro atoms. The second-order valence-corrected chi connectivity index (χ2v) is 16.2. The van der Waals surface area contributed by atoms with Crippen molar-refractivity contribution in [2.45, 2.75) is 116 Å². The quantitative estimate of drug-likeness (QED) is 0.147. The van der Waals surface area contributed by atoms with Gasteiger partial charge in [0.1, 0.15) is 41.6 Å². The fourth-order valence-electron chi connectivity index (χ4n) is 12.2. The molecule has 0 aromatic rings. The summed E-state index contributed by atoms with van der Waals surface area (Å²) in [6.07, 6.45) is -8.35. The number of hydrogen-bond donors (Lipinski definition) is 5. The Kier molecular flexibility index (Phi) is 7.34. The fourth-order valence-corrected chi connectivity index (χ4v) is 12.2. The van der Waals surface area contributed by atoms with Crippen LogP contribution in [0.25, 0.3) is 0 Å². The van der Waals surface area contributed by atoms with Crippen molar-refractivity contribution in [2.75, 3.05) is 0 Å². The summed E-state index contributed by atoms with van der Waals surface area (Å²) in [7, 11) is 0. The van der Waals surface area contributed by atoms with Gasteiger partial charge < -0.3 is 49.5 Å². The Morgan fingerprint density at radius 2 is 1.44 bits per heavy atom. The van der Waals surface area contributed by atoms with Crippen LogP contribution in [-0.4, -0.2) is 110 Å². The van der Waals surface area contributed by atoms with Crippen LogP contribution in [0.15, 0.2) is 11.8 Å². The normalized spacial score (nSPS) is 53.9. The number of epoxide rings is 1. The number of nitrogens with one attached hydrogen (secondary N) is 1. The number of carbonyl (C=O) groups excluding carboxylic acids is 5. The van der Waals surface area contributed by atoms with Gasteiger partial charge in [-0.1, -0.05) is 13.8 Å². The Bertz CT molecular complexity index is 1660. The number of carbonyl (C=O) groups is 5. The van der Waals surface area contributed by atoms with Crippen LogP contribution >= 0.6 is 0 Å². The molecule has 5 aliphatic carbocycles. The highest BCUT2D eigenvalue weighted by Crippen LogP contribution is 2.76. The van der Waals surface area contributed by atoms with Gasteiger partial charge in [-0.25, -0.2) is 4.79 Å². The molecule has 18 atom stereocenters. The zero-order valence-electron chi connectivity index (χ0n) is 29.2. The van der Waals surface area contributed by atoms with Gasteiger partial charge in [-0.2, -0.15) is 0 Å². The molecule has 15 nitrogen and oxygen atoms in total. The summed E-state index contributed by atoms with van der Waals surface area (Å²) in [6.45, 7) is 10.9. The van der Waals surface area contributed by atoms with Crippen molar-refractivity contribution in [3.8, 4) is 0 Å². The molecule has 0 aromatic carbocycles. The molecule has 2 saturated heterocycles. The first kappa shape index (κ1) is 35.2. The average molecular weight is 704 g/mol. The fraction of sp³-hybridized carbons (Fsp3) is 0.771. The first-order chi connectivity index (χ1) is 23.1. The van der Waals surface area contributed by atoms with Crippen molar-refractivity contribution in [2.24, 2.45) is 51.8 Å². The summed E-state index contributed by atoms with van der Waals surface area (Å²) in [5, 5.41) is 58.9. The molecule has 15 heteroatoms. The Morgan fingerprint density at radius 3 is 2.00 bits per heavy atom. The van der Waals surface area contributed by atoms with E-state index >= 15 is 0 Å². The maximum Gasteiger partial charge on any atom is 0.343 e. The Morgan fingerprint density at radius 1 is 0.860 bits per heavy atom. The minimum Gasteiger partial charge on any atom is -0.462 e. The Balaban J connectivity index is 1.57. The van der Waals surface area contributed by atoms with Crippen LogP contribution in [0.1, 0.15) is 61.8 Å². The lowest BCUT2D eigenvalue weighted by molar-refractivity contribution is -0.276. The van der Waals surface area contributed by atoms with Gasteiger partial charge in [0.25, 0.3) is 0 Å². The molecule has 274 valence electrons. The van der Waals surface area contributed by atoms with Gasteiger partial charge in [0.2, 0.25) is 0 Å². The predicted octanol–water partition coefficient (Wildman–Crippen LogP) is -0.0235. The average Bonchev–Trinajstić information content (AvgIpc) is 3.67. The summed E-state index contributed by atoms with van der Waals surface area (Å²) in [5.41, 5.74) is -10.6. The minimum atomic E-state index is -2.49. The highest BCUT2D eigenvalue weighted by atomic mass is 16.6. The summed E-state index contributed by atoms with van der Waals surface area (Å²) in [5.74, 6) is -10.3. The van der Waals surface area contributed by atoms with E-state index in [0.29, 0.717) is 0 Å². The van der Waals surface area contributed by atoms with Gasteiger partial charge in [0.15, 0.2) is 5.60 Å². The highest BCUT2D eigenvalue weighted by Gasteiger charge is 2.86. The Labute approximate surface area is 288 Å². The number of aliphatic hydroxyl groups excluding tert-OH is 2. The van der Waals surface area contributed by atoms with Crippen molar-refractivity contribution >= 4 is 35.4 Å². The second kappa shape index (κ2) is 10.4. The number of fused-ring (bicyclic) bond motifs is 10. The number of Topliss-reactive ketones (excluding diaryl/α,β-unsaturated/α-hetero) is 1. The Hall–Kier alpha value is -3.24. The smallest absolute Gasteiger partial charge is 0.343 e. The molecule has 0 aromatic heterocycles. The van der Waals surface area contributed by atoms with E-state index in [9.17, 15) is 49.8 Å². The van der Waals surface area contributed by atoms with E-state index in [4.69, 9.17) is 23.7 Å². The van der Waals surface area contributed by atoms with Gasteiger partial charge in [0, 0.05) is 56.3 Å². The molecule has 4 saturated carbocycles. The number of ether oxygens (including phenoxy) is 5. The molecule has 0 radical (unpaired) electrons. The van der Waals surface area contributed by atoms with Crippen LogP contribution in [0.3, 0.4) is 0 Å². The maximum absolute atomic E-state index is 14.3. The molecule has 6 fully saturated rings. The van der Waals surface area contributed by atoms with Gasteiger partial charge in [-0.3, -0.25) is 19.2 Å². The molecule has 2 heterocycles. The van der Waals surface area contributed by atoms with Gasteiger partial charge in [0.05, 0.1) is 34.9 Å². The van der Waals surface area contributed by atoms with E-state index in [1.807, 2.05) is 0 Å². The van der Waals surface area contributed by atoms with Crippen LogP contribution in [0.2, 0.25) is 0 Å². The summed E-state index contributed by atoms with van der Waals surface area (Å²) in [4.78, 5) is 66.4. The standard InChI is InChI=1S/C35H45NO14/c1-11-9-17-32(7,33(8,44)30(43)50-17)22-19(11)31(6)20(25(22)47-14(4)39)18-21(26(28(31)41)48-15(5)40)35(12(2)37)29(42)23-16(49-23)10-34(35,45)27(36)24(18)46-13(3)38/h9,11,16,18-26,28-29,36,41-42,44-45H,10H2,1-8H3. The van der Waals surface area contributed by atoms with E-state index < -0.39 is 141 Å². The second-order valence-electron chi connectivity index (χ2n) is 16.2. The number of rotatable bonds is 4. The third-order valence-electron chi connectivity index (χ3n) is 14.1. The molecule has 5 N–H and O–H groups in total. The third kappa shape index (κ3) is 3.82. The first-order valence-corrected chi connectivity index (χ1v) is 17.1. The first-order valence-electron chi connectivity index (χ1n) is 17.1. The van der Waals surface area contributed by atoms with Crippen molar-refractivity contribution in [1.82, 2.24) is 0 Å². The van der Waals surface area contributed by atoms with E-state index in [-0.39, 0.29) is 12.2 Å². The topological polar surface area (TPSA) is 240 Å². The zero-order chi connectivity index (χ0) is 37.0. The third-order valence-corrected chi connectivity index (χ3v) is 14.1. The number of aliphatic hydroxyl groups is 4. The molecule has 0 amide bonds. The molecular formula is C35H45NO14. The van der Waals surface area contributed by atoms with Crippen molar-refractivity contribution in [3.05, 3.63) is 11.8 Å². The van der Waals surface area contributed by atoms with Crippen molar-refractivity contribution in [3.63, 3.8) is 0 Å². The molecule has 7 rings (SSSR count). The van der Waals surface area contributed by atoms with Crippen LogP contribution in [0, 0.1) is 57.2 Å². The lowest BCUT2D eigenvalue weighted by Gasteiger charge is -2.67. The summed E-state index contributed by atoms with van der Waals surface area (Å²) < 4.78 is 29.3. The van der Waals surface area contributed by atoms with E-state index in [1.165, 1.54) is 13.8 Å². The largest absolute Gasteiger partial charge is 0.462 e. The number of hydrogen-bond acceptors (Lipinski definition) is 15. The molecule has 18 unspecified atom stereocenters. The van der Waals surface area contributed by atoms with Crippen LogP contribution in [-0.2, 0) is 47.7 Å². The predicted molar refractivity (Wildman–Crippen MR) is 165 cm³/mol. The van der Waals surface area contributed by atoms with Crippen molar-refractivity contribution < 1.29 is 68.1 Å². The summed E-state index contributed by atoms with van der Waals surface area (Å²) >= 11 is 0. The SMILES string of the molecule is CC(=O)OC1C(=N)C2(O)CC3OC3C(O)C2(C(C)=O)C2C(OC(C)=O)C(O)C3(C)C(C(OC(C)=O)C4C3C(C)C=C3OC(=O)C(C)(O)C34C)C12. The van der Waals surface area contributed by atoms with Gasteiger partial charge in [-0.15, -0.1) is 0 Å². The highest BCUT2D eigenvalue weighted by molar-refractivity contribution is 6.04. The molecule has 7 aliphatic rings. The monoisotopic (exact) mass is 703 g/mol. The van der Waals surface area contributed by atoms with E-state index in [0.717, 1.165) is 20.8 Å². The van der Waals surface area contributed by atoms with Crippen LogP contribution in [0.4, 0.5) is 0 Å². The number of ketones is 1. The minimum absolute atomic E-state index is 0.144. The molecule has 0 bridgehead atoms. The van der Waals surface area contributed by atoms with Gasteiger partial charge >= 0.3 is 23.9 Å². The molecule has 2 aliphatic heterocycles. The molecule has 50 heavy (non-hydrogen) atoms. The van der Waals surface area contributed by atoms with Crippen molar-refractivity contribution in [1.29, 1.82) is 5.41 Å². The van der Waals surface area contributed by atoms with Crippen LogP contribution < -0.4 is 0 Å². The maximum atomic E-state index is 14.3. The zero-order valence-corrected chi connectivity index (χ0v) is 29.2. The lowest BCUT2D eigenvalue weighted by Crippen LogP contribution is -2.82.